The zero-order valence-electron chi connectivity index (χ0n) is 7.70. The molecule has 1 rings (SSSR count). The molecule has 58 valence electrons. The number of anilines is 1. The maximum Gasteiger partial charge on any atom is 1.00 e. The van der Waals surface area contributed by atoms with Gasteiger partial charge < -0.3 is 4.90 Å². The predicted octanol–water partition coefficient (Wildman–Crippen LogP) is -0.525. The molecule has 0 saturated heterocycles. The number of benzene rings is 1. The van der Waals surface area contributed by atoms with Crippen molar-refractivity contribution in [1.29, 1.82) is 0 Å². The van der Waals surface area contributed by atoms with E-state index in [0.29, 0.717) is 0 Å². The van der Waals surface area contributed by atoms with Crippen LogP contribution < -0.4 is 23.8 Å². The molecule has 0 radical (unpaired) electrons. The number of likely N-dealkylation sites (N-methyl/N-ethyl adjacent to an activating group) is 1. The summed E-state index contributed by atoms with van der Waals surface area (Å²) in [7, 11) is 2.00. The van der Waals surface area contributed by atoms with Gasteiger partial charge in [0.25, 0.3) is 0 Å². The molecule has 0 N–H and O–H groups in total. The second-order valence-corrected chi connectivity index (χ2v) is 2.33. The summed E-state index contributed by atoms with van der Waals surface area (Å²) in [5, 5.41) is 0. The molecule has 1 aromatic rings. The Labute approximate surface area is 86.3 Å². The first-order valence-electron chi connectivity index (χ1n) is 3.58. The Balaban J connectivity index is 0.00000121. The zero-order valence-corrected chi connectivity index (χ0v) is 7.70. The van der Waals surface area contributed by atoms with E-state index in [9.17, 15) is 0 Å². The average Bonchev–Trinajstić information content (AvgIpc) is 2.07. The van der Waals surface area contributed by atoms with Crippen LogP contribution in [0.4, 0.5) is 5.69 Å². The Bertz CT molecular complexity index is 221. The van der Waals surface area contributed by atoms with Gasteiger partial charge in [-0.25, -0.2) is 12.7 Å². The molecule has 0 fully saturated rings. The number of hydrogen-bond acceptors (Lipinski definition) is 1. The predicted molar refractivity (Wildman–Crippen MR) is 49.3 cm³/mol. The smallest absolute Gasteiger partial charge is 0.430 e. The second kappa shape index (κ2) is 5.82. The molecule has 0 bridgehead atoms. The first-order valence-corrected chi connectivity index (χ1v) is 3.58. The van der Waals surface area contributed by atoms with Crippen molar-refractivity contribution in [3.8, 4) is 0 Å². The third kappa shape index (κ3) is 3.09. The Morgan fingerprint density at radius 3 is 2.42 bits per heavy atom. The Morgan fingerprint density at radius 1 is 1.33 bits per heavy atom. The maximum absolute atomic E-state index is 3.63. The van der Waals surface area contributed by atoms with Gasteiger partial charge in [-0.15, -0.1) is 6.54 Å². The van der Waals surface area contributed by atoms with Crippen molar-refractivity contribution in [2.24, 2.45) is 0 Å². The molecule has 0 saturated carbocycles. The zero-order chi connectivity index (χ0) is 8.10. The maximum atomic E-state index is 3.63. The van der Waals surface area contributed by atoms with Crippen LogP contribution in [0.1, 0.15) is 0 Å². The Hall–Kier alpha value is -0.773. The molecule has 0 amide bonds. The van der Waals surface area contributed by atoms with Crippen molar-refractivity contribution in [3.05, 3.63) is 49.5 Å². The summed E-state index contributed by atoms with van der Waals surface area (Å²) in [5.74, 6) is 0. The van der Waals surface area contributed by atoms with Crippen LogP contribution >= 0.6 is 0 Å². The van der Waals surface area contributed by atoms with Gasteiger partial charge in [-0.3, -0.25) is 0 Å². The molecule has 1 aromatic carbocycles. The Kier molecular flexibility index (Phi) is 5.45. The fraction of sp³-hybridized carbons (Fsp3) is 0.100. The van der Waals surface area contributed by atoms with Gasteiger partial charge in [-0.2, -0.15) is 0 Å². The molecule has 0 unspecified atom stereocenters. The van der Waals surface area contributed by atoms with Crippen LogP contribution in [0.15, 0.2) is 43.0 Å². The van der Waals surface area contributed by atoms with Crippen LogP contribution in [-0.2, 0) is 0 Å². The first kappa shape index (κ1) is 11.2. The molecule has 0 aliphatic rings. The van der Waals surface area contributed by atoms with Crippen molar-refractivity contribution in [3.63, 3.8) is 0 Å². The standard InChI is InChI=1S/C10H12N.Li/c1-3-9-11(2)10-7-5-4-6-8-10;/h3-9H,1H2,2H3;/q-1;+1. The molecule has 0 spiro atoms. The van der Waals surface area contributed by atoms with Gasteiger partial charge >= 0.3 is 18.9 Å². The fourth-order valence-corrected chi connectivity index (χ4v) is 0.907. The van der Waals surface area contributed by atoms with Crippen molar-refractivity contribution >= 4 is 5.69 Å². The van der Waals surface area contributed by atoms with E-state index in [1.807, 2.05) is 36.7 Å². The van der Waals surface area contributed by atoms with Crippen molar-refractivity contribution < 1.29 is 18.9 Å². The summed E-state index contributed by atoms with van der Waals surface area (Å²) >= 11 is 0. The normalized spacial score (nSPS) is 8.08. The topological polar surface area (TPSA) is 3.24 Å². The summed E-state index contributed by atoms with van der Waals surface area (Å²) in [6, 6.07) is 10.1. The molecule has 0 aliphatic carbocycles. The summed E-state index contributed by atoms with van der Waals surface area (Å²) in [5.41, 5.74) is 1.17. The molecule has 0 atom stereocenters. The van der Waals surface area contributed by atoms with Crippen LogP contribution in [0.5, 0.6) is 0 Å². The van der Waals surface area contributed by atoms with Gasteiger partial charge in [0.15, 0.2) is 0 Å². The van der Waals surface area contributed by atoms with Crippen LogP contribution in [0.3, 0.4) is 0 Å². The van der Waals surface area contributed by atoms with Gasteiger partial charge in [-0.05, 0) is 19.2 Å². The van der Waals surface area contributed by atoms with Crippen LogP contribution in [0.2, 0.25) is 0 Å². The molecular weight excluding hydrogens is 141 g/mol. The minimum absolute atomic E-state index is 0. The van der Waals surface area contributed by atoms with E-state index < -0.39 is 0 Å². The largest absolute Gasteiger partial charge is 1.00 e. The van der Waals surface area contributed by atoms with E-state index in [1.165, 1.54) is 5.69 Å². The van der Waals surface area contributed by atoms with Gasteiger partial charge in [0.1, 0.15) is 0 Å². The van der Waals surface area contributed by atoms with Crippen LogP contribution in [0.25, 0.3) is 0 Å². The van der Waals surface area contributed by atoms with Crippen LogP contribution in [-0.4, -0.2) is 7.05 Å². The molecule has 12 heavy (non-hydrogen) atoms. The molecule has 0 heterocycles. The van der Waals surface area contributed by atoms with Gasteiger partial charge in [0, 0.05) is 5.69 Å². The first-order chi connectivity index (χ1) is 5.34. The minimum Gasteiger partial charge on any atom is -0.430 e. The fourth-order valence-electron chi connectivity index (χ4n) is 0.907. The van der Waals surface area contributed by atoms with Gasteiger partial charge in [0.2, 0.25) is 0 Å². The van der Waals surface area contributed by atoms with Crippen LogP contribution in [0, 0.1) is 6.54 Å². The summed E-state index contributed by atoms with van der Waals surface area (Å²) in [6.07, 6.45) is 1.77. The monoisotopic (exact) mass is 153 g/mol. The van der Waals surface area contributed by atoms with Gasteiger partial charge in [0.05, 0.1) is 0 Å². The molecule has 1 nitrogen and oxygen atoms in total. The van der Waals surface area contributed by atoms with Crippen molar-refractivity contribution in [2.75, 3.05) is 11.9 Å². The van der Waals surface area contributed by atoms with Crippen molar-refractivity contribution in [1.82, 2.24) is 0 Å². The Morgan fingerprint density at radius 2 is 1.92 bits per heavy atom. The van der Waals surface area contributed by atoms with Crippen molar-refractivity contribution in [2.45, 2.75) is 0 Å². The quantitative estimate of drug-likeness (QED) is 0.417. The molecule has 0 aromatic heterocycles. The minimum atomic E-state index is 0. The summed E-state index contributed by atoms with van der Waals surface area (Å²) < 4.78 is 0. The van der Waals surface area contributed by atoms with E-state index >= 15 is 0 Å². The van der Waals surface area contributed by atoms with E-state index in [2.05, 4.69) is 18.7 Å². The number of para-hydroxylation sites is 1. The number of hydrogen-bond donors (Lipinski definition) is 0. The average molecular weight is 153 g/mol. The number of nitrogens with zero attached hydrogens (tertiary/aromatic N) is 1. The van der Waals surface area contributed by atoms with E-state index in [0.717, 1.165) is 0 Å². The second-order valence-electron chi connectivity index (χ2n) is 2.33. The SMILES string of the molecule is C=C[CH-]N(C)c1ccccc1.[Li+]. The third-order valence-electron chi connectivity index (χ3n) is 1.49. The molecular formula is C10H12LiN. The van der Waals surface area contributed by atoms with E-state index in [4.69, 9.17) is 0 Å². The number of rotatable bonds is 3. The van der Waals surface area contributed by atoms with Gasteiger partial charge in [-0.1, -0.05) is 18.2 Å². The van der Waals surface area contributed by atoms with E-state index in [1.54, 1.807) is 6.08 Å². The van der Waals surface area contributed by atoms with E-state index in [-0.39, 0.29) is 18.9 Å². The molecule has 2 heteroatoms. The summed E-state index contributed by atoms with van der Waals surface area (Å²) in [4.78, 5) is 2.02. The summed E-state index contributed by atoms with van der Waals surface area (Å²) in [6.45, 7) is 5.55. The molecule has 0 aliphatic heterocycles. The third-order valence-corrected chi connectivity index (χ3v) is 1.49.